The molecule has 0 unspecified atom stereocenters. The van der Waals surface area contributed by atoms with Crippen molar-refractivity contribution in [2.75, 3.05) is 13.1 Å². The third-order valence-corrected chi connectivity index (χ3v) is 7.68. The summed E-state index contributed by atoms with van der Waals surface area (Å²) in [6, 6.07) is 4.29. The van der Waals surface area contributed by atoms with E-state index in [2.05, 4.69) is 85.4 Å². The van der Waals surface area contributed by atoms with Crippen molar-refractivity contribution in [1.82, 2.24) is 35.8 Å². The summed E-state index contributed by atoms with van der Waals surface area (Å²) >= 11 is 0. The van der Waals surface area contributed by atoms with Crippen LogP contribution in [0.5, 0.6) is 0 Å². The summed E-state index contributed by atoms with van der Waals surface area (Å²) in [6.45, 7) is 16.6. The van der Waals surface area contributed by atoms with Crippen LogP contribution in [0, 0.1) is 5.92 Å². The Bertz CT molecular complexity index is 1690. The number of nitrogens with zero attached hydrogens (tertiary/aromatic N) is 3. The van der Waals surface area contributed by atoms with Gasteiger partial charge in [0.15, 0.2) is 5.65 Å². The number of piperidine rings is 1. The van der Waals surface area contributed by atoms with Gasteiger partial charge in [-0.2, -0.15) is 5.10 Å². The summed E-state index contributed by atoms with van der Waals surface area (Å²) in [5, 5.41) is 16.7. The first-order valence-corrected chi connectivity index (χ1v) is 14.3. The van der Waals surface area contributed by atoms with Gasteiger partial charge >= 0.3 is 0 Å². The zero-order chi connectivity index (χ0) is 28.8. The summed E-state index contributed by atoms with van der Waals surface area (Å²) in [5.74, 6) is 0.666. The molecule has 0 bridgehead atoms. The van der Waals surface area contributed by atoms with Crippen LogP contribution in [0.25, 0.3) is 44.5 Å². The summed E-state index contributed by atoms with van der Waals surface area (Å²) in [4.78, 5) is 12.7. The molecule has 0 amide bonds. The summed E-state index contributed by atoms with van der Waals surface area (Å²) < 4.78 is 0. The number of H-pyrrole nitrogens is 2. The average Bonchev–Trinajstić information content (AvgIpc) is 3.62. The van der Waals surface area contributed by atoms with E-state index in [9.17, 15) is 0 Å². The molecule has 1 saturated heterocycles. The van der Waals surface area contributed by atoms with E-state index in [0.29, 0.717) is 11.6 Å². The van der Waals surface area contributed by atoms with E-state index < -0.39 is 0 Å². The van der Waals surface area contributed by atoms with Gasteiger partial charge in [0.05, 0.1) is 23.1 Å². The van der Waals surface area contributed by atoms with Crippen LogP contribution >= 0.6 is 0 Å². The Morgan fingerprint density at radius 1 is 1.05 bits per heavy atom. The molecule has 1 fully saturated rings. The van der Waals surface area contributed by atoms with Crippen LogP contribution in [-0.4, -0.2) is 38.2 Å². The number of aromatic nitrogens is 5. The summed E-state index contributed by atoms with van der Waals surface area (Å²) in [5.41, 5.74) is 9.65. The lowest BCUT2D eigenvalue weighted by atomic mass is 9.93. The van der Waals surface area contributed by atoms with E-state index in [1.54, 1.807) is 0 Å². The van der Waals surface area contributed by atoms with Gasteiger partial charge < -0.3 is 15.6 Å². The average molecular weight is 546 g/mol. The fraction of sp³-hybridized carbons (Fsp3) is 0.265. The van der Waals surface area contributed by atoms with Crippen molar-refractivity contribution >= 4 is 33.1 Å². The molecule has 0 atom stereocenters. The van der Waals surface area contributed by atoms with E-state index in [4.69, 9.17) is 0 Å². The van der Waals surface area contributed by atoms with Gasteiger partial charge in [-0.25, -0.2) is 4.98 Å². The molecule has 0 aromatic carbocycles. The van der Waals surface area contributed by atoms with Crippen molar-refractivity contribution in [3.8, 4) is 11.4 Å². The first-order valence-electron chi connectivity index (χ1n) is 14.3. The molecule has 5 heterocycles. The SMILES string of the molecule is C=C/C(=C\C(=C/C)c1cnc2n[nH]c(-c3cc4c(C(/C=C\C)=C/C)cncc4[nH]3)c2c1)NC(=C)CC1CCNCC1. The van der Waals surface area contributed by atoms with E-state index in [1.165, 1.54) is 12.8 Å². The number of hydrogen-bond donors (Lipinski definition) is 4. The Morgan fingerprint density at radius 2 is 1.85 bits per heavy atom. The van der Waals surface area contributed by atoms with Gasteiger partial charge in [0.2, 0.25) is 0 Å². The van der Waals surface area contributed by atoms with Crippen molar-refractivity contribution in [3.05, 3.63) is 103 Å². The third kappa shape index (κ3) is 6.15. The quantitative estimate of drug-likeness (QED) is 0.155. The van der Waals surface area contributed by atoms with Crippen LogP contribution in [0.2, 0.25) is 0 Å². The normalized spacial score (nSPS) is 15.7. The zero-order valence-corrected chi connectivity index (χ0v) is 24.2. The Balaban J connectivity index is 1.45. The van der Waals surface area contributed by atoms with Gasteiger partial charge in [0.1, 0.15) is 0 Å². The van der Waals surface area contributed by atoms with Gasteiger partial charge in [0, 0.05) is 45.7 Å². The molecule has 7 nitrogen and oxygen atoms in total. The Morgan fingerprint density at radius 3 is 2.59 bits per heavy atom. The molecule has 7 heteroatoms. The number of aromatic amines is 2. The number of allylic oxidation sites excluding steroid dienone is 9. The monoisotopic (exact) mass is 545 g/mol. The lowest BCUT2D eigenvalue weighted by Gasteiger charge is -2.24. The van der Waals surface area contributed by atoms with E-state index in [0.717, 1.165) is 80.9 Å². The molecular weight excluding hydrogens is 506 g/mol. The van der Waals surface area contributed by atoms with E-state index >= 15 is 0 Å². The number of nitrogens with one attached hydrogen (secondary N) is 4. The minimum atomic E-state index is 0.666. The standard InChI is InChI=1S/C34H39N7/c1-6-10-24(7-2)30-20-36-21-32-28(30)18-31(39-32)33-29-17-26(19-37-34(29)41-40-33)25(8-3)16-27(9-4)38-22(5)15-23-11-13-35-14-12-23/h6-10,16-21,23,35,38-39H,4-5,11-15H2,1-3H3,(H,37,40,41)/b10-6-,24-7+,25-8+,27-16+. The van der Waals surface area contributed by atoms with Crippen molar-refractivity contribution in [2.45, 2.75) is 40.0 Å². The number of hydrogen-bond acceptors (Lipinski definition) is 5. The van der Waals surface area contributed by atoms with Crippen LogP contribution in [0.1, 0.15) is 51.2 Å². The molecule has 4 aromatic heterocycles. The Hall–Kier alpha value is -4.49. The van der Waals surface area contributed by atoms with Gasteiger partial charge in [-0.05, 0) is 94.5 Å². The highest BCUT2D eigenvalue weighted by Crippen LogP contribution is 2.33. The molecule has 5 rings (SSSR count). The predicted molar refractivity (Wildman–Crippen MR) is 172 cm³/mol. The molecule has 4 aromatic rings. The number of pyridine rings is 2. The van der Waals surface area contributed by atoms with Crippen molar-refractivity contribution in [3.63, 3.8) is 0 Å². The molecule has 210 valence electrons. The molecule has 0 spiro atoms. The highest BCUT2D eigenvalue weighted by molar-refractivity contribution is 6.00. The van der Waals surface area contributed by atoms with Crippen molar-refractivity contribution in [1.29, 1.82) is 0 Å². The third-order valence-electron chi connectivity index (χ3n) is 7.68. The summed E-state index contributed by atoms with van der Waals surface area (Å²) in [7, 11) is 0. The molecule has 1 aliphatic heterocycles. The second kappa shape index (κ2) is 12.8. The van der Waals surface area contributed by atoms with Crippen molar-refractivity contribution < 1.29 is 0 Å². The first-order chi connectivity index (χ1) is 20.0. The lowest BCUT2D eigenvalue weighted by Crippen LogP contribution is -2.28. The topological polar surface area (TPSA) is 94.3 Å². The second-order valence-electron chi connectivity index (χ2n) is 10.4. The Kier molecular flexibility index (Phi) is 8.75. The second-order valence-corrected chi connectivity index (χ2v) is 10.4. The molecule has 1 aliphatic rings. The summed E-state index contributed by atoms with van der Waals surface area (Å²) in [6.07, 6.45) is 21.3. The number of fused-ring (bicyclic) bond motifs is 2. The molecule has 4 N–H and O–H groups in total. The first kappa shape index (κ1) is 28.1. The molecular formula is C34H39N7. The minimum absolute atomic E-state index is 0.666. The maximum Gasteiger partial charge on any atom is 0.181 e. The largest absolute Gasteiger partial charge is 0.359 e. The Labute approximate surface area is 242 Å². The van der Waals surface area contributed by atoms with E-state index in [1.807, 2.05) is 51.5 Å². The maximum absolute atomic E-state index is 4.68. The fourth-order valence-electron chi connectivity index (χ4n) is 5.54. The van der Waals surface area contributed by atoms with Crippen LogP contribution in [0.3, 0.4) is 0 Å². The van der Waals surface area contributed by atoms with Crippen LogP contribution < -0.4 is 10.6 Å². The van der Waals surface area contributed by atoms with Gasteiger partial charge in [-0.1, -0.05) is 37.5 Å². The molecule has 41 heavy (non-hydrogen) atoms. The molecule has 0 aliphatic carbocycles. The molecule has 0 saturated carbocycles. The van der Waals surface area contributed by atoms with Gasteiger partial charge in [0.25, 0.3) is 0 Å². The number of rotatable bonds is 10. The maximum atomic E-state index is 4.68. The zero-order valence-electron chi connectivity index (χ0n) is 24.2. The smallest absolute Gasteiger partial charge is 0.181 e. The van der Waals surface area contributed by atoms with Crippen LogP contribution in [0.15, 0.2) is 91.7 Å². The van der Waals surface area contributed by atoms with Gasteiger partial charge in [-0.15, -0.1) is 0 Å². The predicted octanol–water partition coefficient (Wildman–Crippen LogP) is 7.45. The van der Waals surface area contributed by atoms with Gasteiger partial charge in [-0.3, -0.25) is 10.1 Å². The van der Waals surface area contributed by atoms with Crippen molar-refractivity contribution in [2.24, 2.45) is 5.92 Å². The van der Waals surface area contributed by atoms with E-state index in [-0.39, 0.29) is 0 Å². The minimum Gasteiger partial charge on any atom is -0.359 e. The highest BCUT2D eigenvalue weighted by Gasteiger charge is 2.16. The molecule has 0 radical (unpaired) electrons. The lowest BCUT2D eigenvalue weighted by molar-refractivity contribution is 0.368. The van der Waals surface area contributed by atoms with Crippen LogP contribution in [-0.2, 0) is 0 Å². The van der Waals surface area contributed by atoms with Crippen LogP contribution in [0.4, 0.5) is 0 Å². The fourth-order valence-corrected chi connectivity index (χ4v) is 5.54. The highest BCUT2D eigenvalue weighted by atomic mass is 15.2.